The minimum absolute atomic E-state index is 0.0889. The number of amides is 1. The molecule has 2 rings (SSSR count). The summed E-state index contributed by atoms with van der Waals surface area (Å²) < 4.78 is 0. The van der Waals surface area contributed by atoms with Crippen LogP contribution in [0, 0.1) is 15.5 Å². The van der Waals surface area contributed by atoms with Crippen molar-refractivity contribution in [2.75, 3.05) is 11.9 Å². The zero-order valence-corrected chi connectivity index (χ0v) is 12.0. The van der Waals surface area contributed by atoms with Crippen LogP contribution in [-0.2, 0) is 4.79 Å². The van der Waals surface area contributed by atoms with E-state index in [4.69, 9.17) is 0 Å². The molecule has 1 unspecified atom stereocenters. The van der Waals surface area contributed by atoms with Crippen molar-refractivity contribution in [3.63, 3.8) is 0 Å². The highest BCUT2D eigenvalue weighted by molar-refractivity contribution is 5.97. The summed E-state index contributed by atoms with van der Waals surface area (Å²) in [6, 6.07) is 3.26. The Labute approximate surface area is 122 Å². The molecule has 1 aromatic rings. The fraction of sp³-hybridized carbons (Fsp3) is 0.500. The van der Waals surface area contributed by atoms with Crippen molar-refractivity contribution in [3.8, 4) is 5.75 Å². The normalized spacial score (nSPS) is 20.8. The highest BCUT2D eigenvalue weighted by Gasteiger charge is 2.37. The topological polar surface area (TPSA) is 104 Å². The first-order valence-corrected chi connectivity index (χ1v) is 6.83. The van der Waals surface area contributed by atoms with E-state index in [0.717, 1.165) is 25.5 Å². The van der Waals surface area contributed by atoms with Crippen LogP contribution < -0.4 is 10.6 Å². The lowest BCUT2D eigenvalue weighted by Gasteiger charge is -2.38. The van der Waals surface area contributed by atoms with Crippen molar-refractivity contribution in [2.45, 2.75) is 32.7 Å². The summed E-state index contributed by atoms with van der Waals surface area (Å²) in [6.07, 6.45) is 1.91. The fourth-order valence-electron chi connectivity index (χ4n) is 2.64. The molecule has 0 saturated carbocycles. The zero-order valence-electron chi connectivity index (χ0n) is 12.0. The summed E-state index contributed by atoms with van der Waals surface area (Å²) in [6.45, 7) is 4.74. The number of phenols is 1. The molecule has 1 amide bonds. The summed E-state index contributed by atoms with van der Waals surface area (Å²) >= 11 is 0. The molecule has 7 nitrogen and oxygen atoms in total. The van der Waals surface area contributed by atoms with Gasteiger partial charge in [-0.05, 0) is 36.9 Å². The Balaban J connectivity index is 2.22. The standard InChI is InChI=1S/C14H19N3O4/c1-14(2)6-3-7-15-12(14)13(19)16-10-5-4-9(18)8-11(10)17(20)21/h4-5,8,12,15,18H,3,6-7H2,1-2H3,(H,16,19). The zero-order chi connectivity index (χ0) is 15.6. The first kappa shape index (κ1) is 15.2. The average Bonchev–Trinajstić information content (AvgIpc) is 2.39. The molecular weight excluding hydrogens is 274 g/mol. The number of carbonyl (C=O) groups is 1. The second kappa shape index (κ2) is 5.69. The molecule has 0 aliphatic carbocycles. The number of benzene rings is 1. The SMILES string of the molecule is CC1(C)CCCNC1C(=O)Nc1ccc(O)cc1[N+](=O)[O-]. The van der Waals surface area contributed by atoms with E-state index < -0.39 is 11.0 Å². The van der Waals surface area contributed by atoms with Gasteiger partial charge in [0.05, 0.1) is 17.0 Å². The molecule has 3 N–H and O–H groups in total. The van der Waals surface area contributed by atoms with Gasteiger partial charge in [-0.2, -0.15) is 0 Å². The monoisotopic (exact) mass is 293 g/mol. The number of hydrogen-bond acceptors (Lipinski definition) is 5. The van der Waals surface area contributed by atoms with E-state index in [2.05, 4.69) is 10.6 Å². The number of nitrogens with one attached hydrogen (secondary N) is 2. The van der Waals surface area contributed by atoms with Gasteiger partial charge in [-0.3, -0.25) is 14.9 Å². The van der Waals surface area contributed by atoms with Gasteiger partial charge in [-0.15, -0.1) is 0 Å². The Kier molecular flexibility index (Phi) is 4.13. The van der Waals surface area contributed by atoms with Gasteiger partial charge in [0, 0.05) is 0 Å². The number of nitrogens with zero attached hydrogens (tertiary/aromatic N) is 1. The van der Waals surface area contributed by atoms with E-state index in [1.807, 2.05) is 13.8 Å². The van der Waals surface area contributed by atoms with E-state index >= 15 is 0 Å². The molecule has 1 aromatic carbocycles. The van der Waals surface area contributed by atoms with Crippen LogP contribution in [0.15, 0.2) is 18.2 Å². The van der Waals surface area contributed by atoms with E-state index in [1.165, 1.54) is 12.1 Å². The molecule has 1 aliphatic rings. The number of nitro groups is 1. The molecule has 0 radical (unpaired) electrons. The van der Waals surface area contributed by atoms with Crippen LogP contribution in [0.2, 0.25) is 0 Å². The third-order valence-electron chi connectivity index (χ3n) is 3.83. The van der Waals surface area contributed by atoms with Gasteiger partial charge in [0.1, 0.15) is 11.4 Å². The molecule has 114 valence electrons. The number of nitro benzene ring substituents is 1. The van der Waals surface area contributed by atoms with Crippen molar-refractivity contribution in [3.05, 3.63) is 28.3 Å². The molecule has 21 heavy (non-hydrogen) atoms. The molecule has 0 spiro atoms. The first-order valence-electron chi connectivity index (χ1n) is 6.83. The minimum atomic E-state index is -0.630. The van der Waals surface area contributed by atoms with Crippen molar-refractivity contribution in [1.29, 1.82) is 0 Å². The predicted octanol–water partition coefficient (Wildman–Crippen LogP) is 2.02. The molecular formula is C14H19N3O4. The first-order chi connectivity index (χ1) is 9.81. The lowest BCUT2D eigenvalue weighted by molar-refractivity contribution is -0.384. The van der Waals surface area contributed by atoms with Gasteiger partial charge in [0.15, 0.2) is 0 Å². The number of piperidine rings is 1. The van der Waals surface area contributed by atoms with Crippen LogP contribution in [0.1, 0.15) is 26.7 Å². The van der Waals surface area contributed by atoms with E-state index in [1.54, 1.807) is 0 Å². The van der Waals surface area contributed by atoms with Crippen LogP contribution in [0.25, 0.3) is 0 Å². The van der Waals surface area contributed by atoms with Crippen molar-refractivity contribution in [1.82, 2.24) is 5.32 Å². The molecule has 1 saturated heterocycles. The van der Waals surface area contributed by atoms with Gasteiger partial charge in [-0.1, -0.05) is 13.8 Å². The highest BCUT2D eigenvalue weighted by atomic mass is 16.6. The largest absolute Gasteiger partial charge is 0.508 e. The molecule has 0 bridgehead atoms. The van der Waals surface area contributed by atoms with E-state index in [-0.39, 0.29) is 28.4 Å². The van der Waals surface area contributed by atoms with Crippen molar-refractivity contribution < 1.29 is 14.8 Å². The molecule has 1 heterocycles. The highest BCUT2D eigenvalue weighted by Crippen LogP contribution is 2.32. The number of aromatic hydroxyl groups is 1. The van der Waals surface area contributed by atoms with E-state index in [0.29, 0.717) is 0 Å². The van der Waals surface area contributed by atoms with Gasteiger partial charge < -0.3 is 15.7 Å². The Morgan fingerprint density at radius 1 is 1.52 bits per heavy atom. The van der Waals surface area contributed by atoms with Crippen molar-refractivity contribution >= 4 is 17.3 Å². The van der Waals surface area contributed by atoms with E-state index in [9.17, 15) is 20.0 Å². The number of carbonyl (C=O) groups excluding carboxylic acids is 1. The molecule has 0 aromatic heterocycles. The fourth-order valence-corrected chi connectivity index (χ4v) is 2.64. The summed E-state index contributed by atoms with van der Waals surface area (Å²) in [7, 11) is 0. The molecule has 1 aliphatic heterocycles. The molecule has 7 heteroatoms. The van der Waals surface area contributed by atoms with Gasteiger partial charge in [0.2, 0.25) is 5.91 Å². The molecule has 1 atom stereocenters. The third kappa shape index (κ3) is 3.30. The summed E-state index contributed by atoms with van der Waals surface area (Å²) in [4.78, 5) is 22.7. The number of hydrogen-bond donors (Lipinski definition) is 3. The lowest BCUT2D eigenvalue weighted by Crippen LogP contribution is -2.53. The van der Waals surface area contributed by atoms with Gasteiger partial charge >= 0.3 is 0 Å². The summed E-state index contributed by atoms with van der Waals surface area (Å²) in [5.74, 6) is -0.510. The van der Waals surface area contributed by atoms with Crippen LogP contribution in [0.3, 0.4) is 0 Å². The number of rotatable bonds is 3. The Morgan fingerprint density at radius 3 is 2.86 bits per heavy atom. The van der Waals surface area contributed by atoms with Gasteiger partial charge in [-0.25, -0.2) is 0 Å². The second-order valence-electron chi connectivity index (χ2n) is 5.93. The lowest BCUT2D eigenvalue weighted by atomic mass is 9.77. The average molecular weight is 293 g/mol. The third-order valence-corrected chi connectivity index (χ3v) is 3.83. The maximum Gasteiger partial charge on any atom is 0.296 e. The maximum absolute atomic E-state index is 12.4. The van der Waals surface area contributed by atoms with Crippen molar-refractivity contribution in [2.24, 2.45) is 5.41 Å². The Hall–Kier alpha value is -2.15. The predicted molar refractivity (Wildman–Crippen MR) is 78.2 cm³/mol. The van der Waals surface area contributed by atoms with Crippen LogP contribution >= 0.6 is 0 Å². The summed E-state index contributed by atoms with van der Waals surface area (Å²) in [5, 5.41) is 26.1. The minimum Gasteiger partial charge on any atom is -0.508 e. The molecule has 1 fully saturated rings. The number of phenolic OH excluding ortho intramolecular Hbond substituents is 1. The number of anilines is 1. The van der Waals surface area contributed by atoms with Crippen LogP contribution in [0.4, 0.5) is 11.4 Å². The quantitative estimate of drug-likeness (QED) is 0.449. The summed E-state index contributed by atoms with van der Waals surface area (Å²) in [5.41, 5.74) is -0.448. The Morgan fingerprint density at radius 2 is 2.24 bits per heavy atom. The Bertz CT molecular complexity index is 571. The van der Waals surface area contributed by atoms with Gasteiger partial charge in [0.25, 0.3) is 5.69 Å². The second-order valence-corrected chi connectivity index (χ2v) is 5.93. The smallest absolute Gasteiger partial charge is 0.296 e. The van der Waals surface area contributed by atoms with Crippen LogP contribution in [0.5, 0.6) is 5.75 Å². The maximum atomic E-state index is 12.4. The van der Waals surface area contributed by atoms with Crippen LogP contribution in [-0.4, -0.2) is 28.5 Å².